The fourth-order valence-corrected chi connectivity index (χ4v) is 3.92. The Bertz CT molecular complexity index is 378. The first kappa shape index (κ1) is 12.7. The van der Waals surface area contributed by atoms with Gasteiger partial charge in [-0.2, -0.15) is 0 Å². The van der Waals surface area contributed by atoms with Crippen molar-refractivity contribution in [3.8, 4) is 0 Å². The Kier molecular flexibility index (Phi) is 4.21. The summed E-state index contributed by atoms with van der Waals surface area (Å²) in [5, 5.41) is 1.28. The molecule has 0 aliphatic heterocycles. The van der Waals surface area contributed by atoms with Gasteiger partial charge in [0.2, 0.25) is 0 Å². The van der Waals surface area contributed by atoms with Crippen molar-refractivity contribution in [2.45, 2.75) is 31.0 Å². The Morgan fingerprint density at radius 3 is 2.56 bits per heavy atom. The zero-order valence-electron chi connectivity index (χ0n) is 9.22. The van der Waals surface area contributed by atoms with E-state index in [4.69, 9.17) is 23.2 Å². The minimum Gasteiger partial charge on any atom is -0.0836 e. The fraction of sp³-hybridized carbons (Fsp3) is 0.538. The van der Waals surface area contributed by atoms with Gasteiger partial charge in [-0.15, -0.1) is 0 Å². The van der Waals surface area contributed by atoms with E-state index in [0.717, 1.165) is 11.8 Å². The molecule has 1 aromatic rings. The topological polar surface area (TPSA) is 0 Å². The maximum absolute atomic E-state index is 6.05. The average Bonchev–Trinajstić information content (AvgIpc) is 2.67. The summed E-state index contributed by atoms with van der Waals surface area (Å²) < 4.78 is 0. The van der Waals surface area contributed by atoms with Crippen molar-refractivity contribution in [3.05, 3.63) is 33.8 Å². The predicted octanol–water partition coefficient (Wildman–Crippen LogP) is 5.87. The standard InChI is InChI=1S/C13H15BrCl2/c1-8-3-2-4-10(8)13(14)9-5-6-11(15)12(16)7-9/h5-8,10,13H,2-4H2,1H3. The molecule has 1 aliphatic carbocycles. The summed E-state index contributed by atoms with van der Waals surface area (Å²) in [6.07, 6.45) is 3.99. The Hall–Kier alpha value is 0.280. The summed E-state index contributed by atoms with van der Waals surface area (Å²) in [7, 11) is 0. The zero-order valence-corrected chi connectivity index (χ0v) is 12.3. The van der Waals surface area contributed by atoms with E-state index < -0.39 is 0 Å². The maximum atomic E-state index is 6.05. The number of hydrogen-bond acceptors (Lipinski definition) is 0. The molecule has 3 atom stereocenters. The van der Waals surface area contributed by atoms with Gasteiger partial charge in [0.05, 0.1) is 10.0 Å². The predicted molar refractivity (Wildman–Crippen MR) is 74.6 cm³/mol. The molecular weight excluding hydrogens is 307 g/mol. The quantitative estimate of drug-likeness (QED) is 0.598. The van der Waals surface area contributed by atoms with Gasteiger partial charge >= 0.3 is 0 Å². The summed E-state index contributed by atoms with van der Waals surface area (Å²) >= 11 is 15.8. The highest BCUT2D eigenvalue weighted by Crippen LogP contribution is 2.45. The van der Waals surface area contributed by atoms with Gasteiger partial charge in [0.15, 0.2) is 0 Å². The van der Waals surface area contributed by atoms with Crippen molar-refractivity contribution in [3.63, 3.8) is 0 Å². The molecule has 1 saturated carbocycles. The molecule has 88 valence electrons. The van der Waals surface area contributed by atoms with E-state index in [-0.39, 0.29) is 0 Å². The van der Waals surface area contributed by atoms with E-state index in [1.807, 2.05) is 12.1 Å². The van der Waals surface area contributed by atoms with Crippen LogP contribution < -0.4 is 0 Å². The molecule has 0 heterocycles. The molecule has 0 spiro atoms. The van der Waals surface area contributed by atoms with Crippen molar-refractivity contribution in [2.24, 2.45) is 11.8 Å². The Morgan fingerprint density at radius 1 is 1.25 bits per heavy atom. The van der Waals surface area contributed by atoms with E-state index in [1.165, 1.54) is 24.8 Å². The summed E-state index contributed by atoms with van der Waals surface area (Å²) in [4.78, 5) is 0.403. The third-order valence-electron chi connectivity index (χ3n) is 3.57. The van der Waals surface area contributed by atoms with Gasteiger partial charge in [0.1, 0.15) is 0 Å². The van der Waals surface area contributed by atoms with Crippen LogP contribution in [-0.2, 0) is 0 Å². The first-order valence-corrected chi connectivity index (χ1v) is 7.36. The number of hydrogen-bond donors (Lipinski definition) is 0. The lowest BCUT2D eigenvalue weighted by Crippen LogP contribution is -2.10. The normalized spacial score (nSPS) is 27.0. The SMILES string of the molecule is CC1CCCC1C(Br)c1ccc(Cl)c(Cl)c1. The van der Waals surface area contributed by atoms with Crippen molar-refractivity contribution in [2.75, 3.05) is 0 Å². The summed E-state index contributed by atoms with van der Waals surface area (Å²) in [6.45, 7) is 2.34. The molecule has 0 saturated heterocycles. The Labute approximate surface area is 115 Å². The minimum absolute atomic E-state index is 0.403. The zero-order chi connectivity index (χ0) is 11.7. The average molecular weight is 322 g/mol. The van der Waals surface area contributed by atoms with Crippen LogP contribution in [0.3, 0.4) is 0 Å². The molecule has 3 heteroatoms. The van der Waals surface area contributed by atoms with E-state index in [0.29, 0.717) is 14.9 Å². The van der Waals surface area contributed by atoms with E-state index >= 15 is 0 Å². The lowest BCUT2D eigenvalue weighted by Gasteiger charge is -2.22. The summed E-state index contributed by atoms with van der Waals surface area (Å²) in [5.74, 6) is 1.51. The largest absolute Gasteiger partial charge is 0.0836 e. The van der Waals surface area contributed by atoms with Gasteiger partial charge in [-0.1, -0.05) is 65.0 Å². The molecule has 16 heavy (non-hydrogen) atoms. The number of benzene rings is 1. The van der Waals surface area contributed by atoms with Crippen LogP contribution in [0, 0.1) is 11.8 Å². The van der Waals surface area contributed by atoms with Crippen LogP contribution in [0.4, 0.5) is 0 Å². The minimum atomic E-state index is 0.403. The van der Waals surface area contributed by atoms with Crippen molar-refractivity contribution < 1.29 is 0 Å². The molecule has 1 aromatic carbocycles. The first-order valence-electron chi connectivity index (χ1n) is 5.68. The van der Waals surface area contributed by atoms with Crippen LogP contribution in [-0.4, -0.2) is 0 Å². The monoisotopic (exact) mass is 320 g/mol. The molecule has 2 rings (SSSR count). The van der Waals surface area contributed by atoms with E-state index in [1.54, 1.807) is 0 Å². The van der Waals surface area contributed by atoms with Crippen molar-refractivity contribution in [1.82, 2.24) is 0 Å². The lowest BCUT2D eigenvalue weighted by molar-refractivity contribution is 0.414. The molecule has 0 aromatic heterocycles. The fourth-order valence-electron chi connectivity index (χ4n) is 2.54. The highest BCUT2D eigenvalue weighted by Gasteiger charge is 2.30. The van der Waals surface area contributed by atoms with Crippen LogP contribution in [0.25, 0.3) is 0 Å². The number of halogens is 3. The van der Waals surface area contributed by atoms with Crippen LogP contribution >= 0.6 is 39.1 Å². The molecule has 3 unspecified atom stereocenters. The number of rotatable bonds is 2. The van der Waals surface area contributed by atoms with Gasteiger partial charge in [0, 0.05) is 4.83 Å². The van der Waals surface area contributed by atoms with Crippen molar-refractivity contribution >= 4 is 39.1 Å². The lowest BCUT2D eigenvalue weighted by atomic mass is 9.91. The third kappa shape index (κ3) is 2.57. The molecule has 0 bridgehead atoms. The number of alkyl halides is 1. The molecular formula is C13H15BrCl2. The summed E-state index contributed by atoms with van der Waals surface area (Å²) in [6, 6.07) is 5.93. The van der Waals surface area contributed by atoms with Gasteiger partial charge in [-0.3, -0.25) is 0 Å². The second-order valence-corrected chi connectivity index (χ2v) is 6.45. The summed E-state index contributed by atoms with van der Waals surface area (Å²) in [5.41, 5.74) is 1.24. The van der Waals surface area contributed by atoms with Crippen molar-refractivity contribution in [1.29, 1.82) is 0 Å². The Morgan fingerprint density at radius 2 is 2.00 bits per heavy atom. The van der Waals surface area contributed by atoms with Gasteiger partial charge in [-0.05, 0) is 36.0 Å². The maximum Gasteiger partial charge on any atom is 0.0595 e. The van der Waals surface area contributed by atoms with Gasteiger partial charge in [0.25, 0.3) is 0 Å². The molecule has 1 aliphatic rings. The second kappa shape index (κ2) is 5.29. The van der Waals surface area contributed by atoms with E-state index in [2.05, 4.69) is 28.9 Å². The van der Waals surface area contributed by atoms with Crippen LogP contribution in [0.2, 0.25) is 10.0 Å². The molecule has 1 fully saturated rings. The first-order chi connectivity index (χ1) is 7.59. The highest BCUT2D eigenvalue weighted by atomic mass is 79.9. The second-order valence-electron chi connectivity index (χ2n) is 4.65. The van der Waals surface area contributed by atoms with Crippen LogP contribution in [0.1, 0.15) is 36.6 Å². The highest BCUT2D eigenvalue weighted by molar-refractivity contribution is 9.09. The van der Waals surface area contributed by atoms with Crippen LogP contribution in [0.15, 0.2) is 18.2 Å². The van der Waals surface area contributed by atoms with Gasteiger partial charge in [-0.25, -0.2) is 0 Å². The van der Waals surface area contributed by atoms with Gasteiger partial charge < -0.3 is 0 Å². The molecule has 0 radical (unpaired) electrons. The molecule has 0 amide bonds. The van der Waals surface area contributed by atoms with Crippen LogP contribution in [0.5, 0.6) is 0 Å². The molecule has 0 nitrogen and oxygen atoms in total. The molecule has 0 N–H and O–H groups in total. The Balaban J connectivity index is 2.20. The third-order valence-corrected chi connectivity index (χ3v) is 5.51. The van der Waals surface area contributed by atoms with E-state index in [9.17, 15) is 0 Å². The smallest absolute Gasteiger partial charge is 0.0595 e.